The van der Waals surface area contributed by atoms with Crippen LogP contribution in [0.1, 0.15) is 82.6 Å². The number of allylic oxidation sites excluding steroid dienone is 6. The van der Waals surface area contributed by atoms with Crippen LogP contribution in [0.4, 0.5) is 11.5 Å². The van der Waals surface area contributed by atoms with Gasteiger partial charge in [0.05, 0.1) is 28.3 Å². The Balaban J connectivity index is 1.57. The molecule has 0 unspecified atom stereocenters. The summed E-state index contributed by atoms with van der Waals surface area (Å²) in [7, 11) is -4.09. The number of aryl methyl sites for hydroxylation is 2. The molecule has 50 heavy (non-hydrogen) atoms. The number of carboxylic acid groups (broad SMARTS) is 1. The van der Waals surface area contributed by atoms with E-state index in [4.69, 9.17) is 16.6 Å². The Morgan fingerprint density at radius 3 is 2.42 bits per heavy atom. The third kappa shape index (κ3) is 8.28. The molecule has 264 valence electrons. The van der Waals surface area contributed by atoms with Crippen molar-refractivity contribution in [2.24, 2.45) is 4.99 Å². The third-order valence-electron chi connectivity index (χ3n) is 9.71. The van der Waals surface area contributed by atoms with Gasteiger partial charge in [0.15, 0.2) is 5.71 Å². The van der Waals surface area contributed by atoms with Crippen molar-refractivity contribution in [1.29, 1.82) is 0 Å². The smallest absolute Gasteiger partial charge is 0.327 e. The molecule has 2 N–H and O–H groups in total. The average Bonchev–Trinajstić information content (AvgIpc) is 3.43. The van der Waals surface area contributed by atoms with E-state index in [0.29, 0.717) is 18.0 Å². The summed E-state index contributed by atoms with van der Waals surface area (Å²) in [4.78, 5) is 18.5. The first kappa shape index (κ1) is 37.2. The number of pyridine rings is 1. The molecular formula is C40H47ClN3O5S+. The number of hydrogen-bond acceptors (Lipinski definition) is 5. The summed E-state index contributed by atoms with van der Waals surface area (Å²) in [5, 5.41) is 9.86. The highest BCUT2D eigenvalue weighted by atomic mass is 35.5. The highest BCUT2D eigenvalue weighted by molar-refractivity contribution is 7.85. The highest BCUT2D eigenvalue weighted by Crippen LogP contribution is 2.48. The first-order chi connectivity index (χ1) is 23.6. The molecule has 0 spiro atoms. The predicted molar refractivity (Wildman–Crippen MR) is 202 cm³/mol. The molecule has 2 aliphatic rings. The second kappa shape index (κ2) is 15.1. The number of fused-ring (bicyclic) bond motifs is 2. The van der Waals surface area contributed by atoms with Gasteiger partial charge in [0.1, 0.15) is 6.20 Å². The van der Waals surface area contributed by atoms with Crippen molar-refractivity contribution in [3.63, 3.8) is 0 Å². The summed E-state index contributed by atoms with van der Waals surface area (Å²) in [5.74, 6) is -0.223. The van der Waals surface area contributed by atoms with Crippen LogP contribution in [-0.4, -0.2) is 42.1 Å². The number of unbranched alkanes of at least 4 members (excludes halogenated alkanes) is 1. The van der Waals surface area contributed by atoms with E-state index in [-0.39, 0.29) is 29.4 Å². The van der Waals surface area contributed by atoms with Crippen molar-refractivity contribution in [2.75, 3.05) is 17.2 Å². The molecule has 0 bridgehead atoms. The number of aliphatic carboxylic acids is 1. The summed E-state index contributed by atoms with van der Waals surface area (Å²) in [6, 6.07) is 18.1. The Labute approximate surface area is 301 Å². The number of aliphatic imine (C=N–C) groups is 1. The van der Waals surface area contributed by atoms with Gasteiger partial charge in [-0.25, -0.2) is 4.57 Å². The van der Waals surface area contributed by atoms with Crippen molar-refractivity contribution < 1.29 is 27.4 Å². The molecule has 2 aromatic carbocycles. The largest absolute Gasteiger partial charge is 0.481 e. The van der Waals surface area contributed by atoms with E-state index in [2.05, 4.69) is 74.5 Å². The quantitative estimate of drug-likeness (QED) is 0.0985. The third-order valence-corrected chi connectivity index (χ3v) is 10.7. The Morgan fingerprint density at radius 1 is 1.02 bits per heavy atom. The summed E-state index contributed by atoms with van der Waals surface area (Å²) >= 11 is 6.58. The summed E-state index contributed by atoms with van der Waals surface area (Å²) in [5.41, 5.74) is 7.24. The first-order valence-electron chi connectivity index (χ1n) is 17.2. The molecule has 0 radical (unpaired) electrons. The lowest BCUT2D eigenvalue weighted by Crippen LogP contribution is -2.35. The summed E-state index contributed by atoms with van der Waals surface area (Å²) < 4.78 is 34.7. The van der Waals surface area contributed by atoms with Crippen LogP contribution in [0.3, 0.4) is 0 Å². The number of benzene rings is 2. The predicted octanol–water partition coefficient (Wildman–Crippen LogP) is 8.41. The second-order valence-corrected chi connectivity index (χ2v) is 16.1. The van der Waals surface area contributed by atoms with Crippen molar-refractivity contribution in [3.05, 3.63) is 118 Å². The van der Waals surface area contributed by atoms with Crippen LogP contribution in [-0.2, 0) is 38.7 Å². The zero-order valence-corrected chi connectivity index (χ0v) is 31.1. The SMILES string of the molecule is CCCC[n+]1cc(Cl)cc2c1N=C(/C=C/C(=C/C=C1/N(CCCS(=O)(=O)O)c3ccccc3C1(C)C)c1ccc(CCC(=O)O)cc1)C2(C)C. The van der Waals surface area contributed by atoms with Gasteiger partial charge in [-0.05, 0) is 84.7 Å². The monoisotopic (exact) mass is 716 g/mol. The van der Waals surface area contributed by atoms with Gasteiger partial charge in [-0.15, -0.1) is 0 Å². The number of aromatic nitrogens is 1. The topological polar surface area (TPSA) is 111 Å². The van der Waals surface area contributed by atoms with Crippen LogP contribution < -0.4 is 9.47 Å². The number of para-hydroxylation sites is 1. The highest BCUT2D eigenvalue weighted by Gasteiger charge is 2.43. The number of anilines is 1. The Bertz CT molecular complexity index is 1990. The lowest BCUT2D eigenvalue weighted by atomic mass is 9.81. The minimum Gasteiger partial charge on any atom is -0.481 e. The van der Waals surface area contributed by atoms with Crippen LogP contribution in [0.2, 0.25) is 5.02 Å². The van der Waals surface area contributed by atoms with E-state index < -0.39 is 16.1 Å². The second-order valence-electron chi connectivity index (χ2n) is 14.1. The Kier molecular flexibility index (Phi) is 11.2. The zero-order chi connectivity index (χ0) is 36.3. The number of nitrogens with zero attached hydrogens (tertiary/aromatic N) is 3. The maximum absolute atomic E-state index is 11.6. The normalized spacial score (nSPS) is 17.3. The van der Waals surface area contributed by atoms with Crippen molar-refractivity contribution in [3.8, 4) is 0 Å². The molecular weight excluding hydrogens is 670 g/mol. The molecule has 8 nitrogen and oxygen atoms in total. The first-order valence-corrected chi connectivity index (χ1v) is 19.2. The van der Waals surface area contributed by atoms with Gasteiger partial charge >= 0.3 is 11.8 Å². The molecule has 1 aromatic heterocycles. The molecule has 10 heteroatoms. The van der Waals surface area contributed by atoms with Gasteiger partial charge in [-0.3, -0.25) is 9.35 Å². The molecule has 0 saturated carbocycles. The number of halogens is 1. The molecule has 0 aliphatic carbocycles. The maximum atomic E-state index is 11.6. The van der Waals surface area contributed by atoms with Gasteiger partial charge in [0, 0.05) is 29.8 Å². The van der Waals surface area contributed by atoms with Gasteiger partial charge in [0.2, 0.25) is 0 Å². The average molecular weight is 717 g/mol. The van der Waals surface area contributed by atoms with Crippen molar-refractivity contribution in [2.45, 2.75) is 84.1 Å². The molecule has 0 amide bonds. The van der Waals surface area contributed by atoms with Crippen LogP contribution in [0.5, 0.6) is 0 Å². The summed E-state index contributed by atoms with van der Waals surface area (Å²) in [6.07, 6.45) is 13.1. The standard InChI is InChI=1S/C40H46ClN3O5S/c1-6-7-23-43-27-31(41)26-33-38(43)42-35(39(33,2)3)20-18-30(29-16-13-28(14-17-29)15-22-37(45)46)19-21-36-40(4,5)32-11-8-9-12-34(32)44(36)24-10-25-50(47,48)49/h8-9,11-14,16-21,26-27H,6-7,10,15,22-25H2,1-5H3,(H-,45,46,47,48,49)/p+1. The van der Waals surface area contributed by atoms with Crippen molar-refractivity contribution in [1.82, 2.24) is 0 Å². The van der Waals surface area contributed by atoms with Crippen LogP contribution in [0.15, 0.2) is 95.8 Å². The van der Waals surface area contributed by atoms with Gasteiger partial charge in [-0.1, -0.05) is 93.4 Å². The number of hydrogen-bond donors (Lipinski definition) is 2. The Hall–Kier alpha value is -4.05. The fraction of sp³-hybridized carbons (Fsp3) is 0.375. The van der Waals surface area contributed by atoms with E-state index in [1.54, 1.807) is 0 Å². The van der Waals surface area contributed by atoms with Crippen LogP contribution in [0, 0.1) is 0 Å². The van der Waals surface area contributed by atoms with Crippen molar-refractivity contribution >= 4 is 50.5 Å². The van der Waals surface area contributed by atoms with Gasteiger partial charge in [-0.2, -0.15) is 8.42 Å². The van der Waals surface area contributed by atoms with Crippen LogP contribution >= 0.6 is 11.6 Å². The van der Waals surface area contributed by atoms with Gasteiger partial charge < -0.3 is 10.0 Å². The number of carbonyl (C=O) groups is 1. The molecule has 0 atom stereocenters. The van der Waals surface area contributed by atoms with Gasteiger partial charge in [0.25, 0.3) is 10.1 Å². The number of carboxylic acids is 1. The lowest BCUT2D eigenvalue weighted by molar-refractivity contribution is -0.684. The molecule has 3 heterocycles. The molecule has 3 aromatic rings. The fourth-order valence-electron chi connectivity index (χ4n) is 6.81. The minimum atomic E-state index is -4.09. The Morgan fingerprint density at radius 2 is 1.74 bits per heavy atom. The van der Waals surface area contributed by atoms with Crippen LogP contribution in [0.25, 0.3) is 5.57 Å². The molecule has 2 aliphatic heterocycles. The van der Waals surface area contributed by atoms with E-state index in [9.17, 15) is 22.9 Å². The van der Waals surface area contributed by atoms with E-state index in [1.807, 2.05) is 54.7 Å². The van der Waals surface area contributed by atoms with E-state index >= 15 is 0 Å². The molecule has 5 rings (SSSR count). The van der Waals surface area contributed by atoms with E-state index in [1.165, 1.54) is 0 Å². The zero-order valence-electron chi connectivity index (χ0n) is 29.5. The minimum absolute atomic E-state index is 0.0643. The maximum Gasteiger partial charge on any atom is 0.327 e. The summed E-state index contributed by atoms with van der Waals surface area (Å²) in [6.45, 7) is 12.1. The fourth-order valence-corrected chi connectivity index (χ4v) is 7.53. The number of rotatable bonds is 14. The van der Waals surface area contributed by atoms with E-state index in [0.717, 1.165) is 70.1 Å². The lowest BCUT2D eigenvalue weighted by Gasteiger charge is -2.27. The molecule has 0 fully saturated rings. The molecule has 0 saturated heterocycles.